The molecule has 0 radical (unpaired) electrons. The van der Waals surface area contributed by atoms with Gasteiger partial charge in [-0.3, -0.25) is 9.00 Å². The number of rotatable bonds is 11. The van der Waals surface area contributed by atoms with Crippen LogP contribution in [-0.2, 0) is 21.3 Å². The summed E-state index contributed by atoms with van der Waals surface area (Å²) in [5.74, 6) is 0.951. The highest BCUT2D eigenvalue weighted by Gasteiger charge is 2.18. The normalized spacial score (nSPS) is 15.9. The van der Waals surface area contributed by atoms with E-state index < -0.39 is 10.8 Å². The quantitative estimate of drug-likeness (QED) is 0.424. The number of nitrogens with one attached hydrogen (secondary N) is 1. The van der Waals surface area contributed by atoms with E-state index in [1.165, 1.54) is 0 Å². The summed E-state index contributed by atoms with van der Waals surface area (Å²) in [6.45, 7) is 9.33. The maximum absolute atomic E-state index is 12.8. The Morgan fingerprint density at radius 1 is 1.03 bits per heavy atom. The first-order valence-corrected chi connectivity index (χ1v) is 13.4. The highest BCUT2D eigenvalue weighted by atomic mass is 32.2. The summed E-state index contributed by atoms with van der Waals surface area (Å²) in [6, 6.07) is 13.7. The number of piperazine rings is 1. The van der Waals surface area contributed by atoms with Crippen LogP contribution in [0.4, 0.5) is 0 Å². The molecule has 0 aliphatic carbocycles. The zero-order valence-electron chi connectivity index (χ0n) is 19.8. The van der Waals surface area contributed by atoms with Gasteiger partial charge in [-0.05, 0) is 43.8 Å². The van der Waals surface area contributed by atoms with Crippen molar-refractivity contribution in [2.75, 3.05) is 51.6 Å². The van der Waals surface area contributed by atoms with Crippen molar-refractivity contribution in [2.24, 2.45) is 0 Å². The van der Waals surface area contributed by atoms with Crippen molar-refractivity contribution in [3.05, 3.63) is 66.6 Å². The molecule has 0 unspecified atom stereocenters. The standard InChI is InChI=1S/C25H34N6O2S/c1-2-28-15-17-29(18-16-28)12-8-11-26-24(32)21-34(33)20-22-19-27-31(23-9-4-3-5-10-23)25(22)30-13-6-7-14-30/h3-7,9-10,13-14,19H,2,8,11-12,15-18,20-21H2,1H3,(H,26,32)/t34-/m0/s1. The van der Waals surface area contributed by atoms with E-state index in [0.29, 0.717) is 6.54 Å². The molecule has 0 bridgehead atoms. The summed E-state index contributed by atoms with van der Waals surface area (Å²) in [5.41, 5.74) is 1.77. The number of para-hydroxylation sites is 1. The van der Waals surface area contributed by atoms with Gasteiger partial charge in [0, 0.05) is 61.5 Å². The molecule has 3 heterocycles. The van der Waals surface area contributed by atoms with E-state index in [4.69, 9.17) is 0 Å². The van der Waals surface area contributed by atoms with Crippen LogP contribution >= 0.6 is 0 Å². The van der Waals surface area contributed by atoms with Crippen molar-refractivity contribution in [2.45, 2.75) is 19.1 Å². The lowest BCUT2D eigenvalue weighted by Gasteiger charge is -2.33. The smallest absolute Gasteiger partial charge is 0.232 e. The fraction of sp³-hybridized carbons (Fsp3) is 0.440. The average molecular weight is 483 g/mol. The van der Waals surface area contributed by atoms with Crippen LogP contribution in [0.25, 0.3) is 11.5 Å². The molecule has 4 rings (SSSR count). The molecule has 3 aromatic rings. The second-order valence-electron chi connectivity index (χ2n) is 8.54. The van der Waals surface area contributed by atoms with Gasteiger partial charge in [0.05, 0.1) is 17.6 Å². The molecule has 1 aliphatic rings. The first kappa shape index (κ1) is 24.4. The maximum atomic E-state index is 12.8. The molecule has 1 aromatic carbocycles. The Balaban J connectivity index is 1.28. The van der Waals surface area contributed by atoms with Crippen molar-refractivity contribution in [1.29, 1.82) is 0 Å². The highest BCUT2D eigenvalue weighted by Crippen LogP contribution is 2.21. The molecule has 1 N–H and O–H groups in total. The van der Waals surface area contributed by atoms with Gasteiger partial charge in [-0.1, -0.05) is 25.1 Å². The lowest BCUT2D eigenvalue weighted by molar-refractivity contribution is -0.118. The number of aromatic nitrogens is 3. The summed E-state index contributed by atoms with van der Waals surface area (Å²) in [6.07, 6.45) is 6.54. The van der Waals surface area contributed by atoms with Crippen molar-refractivity contribution in [3.63, 3.8) is 0 Å². The van der Waals surface area contributed by atoms with Crippen molar-refractivity contribution < 1.29 is 9.00 Å². The van der Waals surface area contributed by atoms with Crippen LogP contribution in [0.3, 0.4) is 0 Å². The van der Waals surface area contributed by atoms with Crippen LogP contribution in [-0.4, -0.2) is 85.8 Å². The van der Waals surface area contributed by atoms with Crippen LogP contribution in [0.1, 0.15) is 18.9 Å². The second-order valence-corrected chi connectivity index (χ2v) is 10.00. The van der Waals surface area contributed by atoms with Gasteiger partial charge in [-0.15, -0.1) is 0 Å². The fourth-order valence-corrected chi connectivity index (χ4v) is 5.32. The van der Waals surface area contributed by atoms with Crippen molar-refractivity contribution in [1.82, 2.24) is 29.5 Å². The summed E-state index contributed by atoms with van der Waals surface area (Å²) in [5, 5.41) is 7.48. The number of hydrogen-bond acceptors (Lipinski definition) is 5. The third-order valence-corrected chi connectivity index (χ3v) is 7.38. The number of carbonyl (C=O) groups excluding carboxylic acids is 1. The van der Waals surface area contributed by atoms with E-state index in [9.17, 15) is 9.00 Å². The molecular weight excluding hydrogens is 448 g/mol. The lowest BCUT2D eigenvalue weighted by Crippen LogP contribution is -2.46. The molecule has 1 saturated heterocycles. The van der Waals surface area contributed by atoms with Gasteiger partial charge in [-0.2, -0.15) is 5.10 Å². The minimum atomic E-state index is -1.33. The Kier molecular flexibility index (Phi) is 8.67. The fourth-order valence-electron chi connectivity index (χ4n) is 4.27. The van der Waals surface area contributed by atoms with Gasteiger partial charge < -0.3 is 19.7 Å². The number of likely N-dealkylation sites (N-methyl/N-ethyl adjacent to an activating group) is 1. The molecule has 1 fully saturated rings. The maximum Gasteiger partial charge on any atom is 0.232 e. The Bertz CT molecular complexity index is 1060. The van der Waals surface area contributed by atoms with Crippen LogP contribution in [0.2, 0.25) is 0 Å². The van der Waals surface area contributed by atoms with Crippen molar-refractivity contribution in [3.8, 4) is 11.5 Å². The summed E-state index contributed by atoms with van der Waals surface area (Å²) in [4.78, 5) is 17.3. The van der Waals surface area contributed by atoms with E-state index in [1.54, 1.807) is 6.20 Å². The summed E-state index contributed by atoms with van der Waals surface area (Å²) < 4.78 is 16.6. The van der Waals surface area contributed by atoms with Gasteiger partial charge in [0.25, 0.3) is 0 Å². The topological polar surface area (TPSA) is 75.4 Å². The predicted molar refractivity (Wildman–Crippen MR) is 136 cm³/mol. The number of benzene rings is 1. The highest BCUT2D eigenvalue weighted by molar-refractivity contribution is 7.84. The van der Waals surface area contributed by atoms with E-state index in [-0.39, 0.29) is 17.4 Å². The molecule has 9 heteroatoms. The molecule has 1 aliphatic heterocycles. The lowest BCUT2D eigenvalue weighted by atomic mass is 10.3. The van der Waals surface area contributed by atoms with E-state index in [1.807, 2.05) is 64.1 Å². The first-order valence-electron chi connectivity index (χ1n) is 12.0. The summed E-state index contributed by atoms with van der Waals surface area (Å²) in [7, 11) is -1.33. The summed E-state index contributed by atoms with van der Waals surface area (Å²) >= 11 is 0. The van der Waals surface area contributed by atoms with E-state index >= 15 is 0 Å². The van der Waals surface area contributed by atoms with Gasteiger partial charge in [0.1, 0.15) is 11.6 Å². The van der Waals surface area contributed by atoms with Crippen LogP contribution < -0.4 is 5.32 Å². The monoisotopic (exact) mass is 482 g/mol. The van der Waals surface area contributed by atoms with Crippen LogP contribution in [0.5, 0.6) is 0 Å². The third kappa shape index (κ3) is 6.43. The Morgan fingerprint density at radius 3 is 2.44 bits per heavy atom. The van der Waals surface area contributed by atoms with Crippen molar-refractivity contribution >= 4 is 16.7 Å². The number of hydrogen-bond donors (Lipinski definition) is 1. The zero-order valence-corrected chi connectivity index (χ0v) is 20.6. The van der Waals surface area contributed by atoms with E-state index in [2.05, 4.69) is 27.1 Å². The predicted octanol–water partition coefficient (Wildman–Crippen LogP) is 2.06. The minimum absolute atomic E-state index is 0.00316. The molecular formula is C25H34N6O2S. The van der Waals surface area contributed by atoms with Crippen LogP contribution in [0.15, 0.2) is 61.1 Å². The zero-order chi connectivity index (χ0) is 23.8. The van der Waals surface area contributed by atoms with Gasteiger partial charge in [0.15, 0.2) is 0 Å². The van der Waals surface area contributed by atoms with E-state index in [0.717, 1.165) is 62.8 Å². The van der Waals surface area contributed by atoms with Gasteiger partial charge in [-0.25, -0.2) is 4.68 Å². The number of nitrogens with zero attached hydrogens (tertiary/aromatic N) is 5. The van der Waals surface area contributed by atoms with Crippen LogP contribution in [0, 0.1) is 0 Å². The Morgan fingerprint density at radius 2 is 1.74 bits per heavy atom. The number of amides is 1. The molecule has 0 spiro atoms. The molecule has 34 heavy (non-hydrogen) atoms. The first-order chi connectivity index (χ1) is 16.6. The largest absolute Gasteiger partial charge is 0.355 e. The third-order valence-electron chi connectivity index (χ3n) is 6.16. The SMILES string of the molecule is CCN1CCN(CCCNC(=O)C[S@@](=O)Cc2cnn(-c3ccccc3)c2-n2cccc2)CC1. The molecule has 182 valence electrons. The number of carbonyl (C=O) groups is 1. The molecule has 0 saturated carbocycles. The minimum Gasteiger partial charge on any atom is -0.355 e. The van der Waals surface area contributed by atoms with Gasteiger partial charge in [0.2, 0.25) is 5.91 Å². The Hall–Kier alpha value is -2.75. The molecule has 1 atom stereocenters. The molecule has 2 aromatic heterocycles. The Labute approximate surface area is 204 Å². The second kappa shape index (κ2) is 12.1. The average Bonchev–Trinajstić information content (AvgIpc) is 3.52. The van der Waals surface area contributed by atoms with Gasteiger partial charge >= 0.3 is 0 Å². The molecule has 1 amide bonds. The molecule has 8 nitrogen and oxygen atoms in total.